The van der Waals surface area contributed by atoms with Gasteiger partial charge in [-0.3, -0.25) is 4.79 Å². The normalized spacial score (nSPS) is 16.8. The highest BCUT2D eigenvalue weighted by Gasteiger charge is 2.52. The molecule has 2 amide bonds. The Bertz CT molecular complexity index is 896. The number of carbonyl (C=O) groups is 3. The summed E-state index contributed by atoms with van der Waals surface area (Å²) in [4.78, 5) is 42.6. The minimum absolute atomic E-state index is 0.0237. The van der Waals surface area contributed by atoms with Gasteiger partial charge in [0.15, 0.2) is 0 Å². The molecule has 0 radical (unpaired) electrons. The number of rotatable bonds is 6. The highest BCUT2D eigenvalue weighted by molar-refractivity contribution is 6.63. The van der Waals surface area contributed by atoms with Crippen molar-refractivity contribution in [3.05, 3.63) is 23.5 Å². The van der Waals surface area contributed by atoms with Crippen molar-refractivity contribution >= 4 is 30.6 Å². The number of esters is 1. The topological polar surface area (TPSA) is 116 Å². The number of ether oxygens (including phenoxy) is 2. The highest BCUT2D eigenvalue weighted by Crippen LogP contribution is 2.36. The third-order valence-electron chi connectivity index (χ3n) is 5.48. The Labute approximate surface area is 195 Å². The molecule has 0 saturated carbocycles. The Morgan fingerprint density at radius 1 is 1.12 bits per heavy atom. The van der Waals surface area contributed by atoms with E-state index in [2.05, 4.69) is 10.3 Å². The lowest BCUT2D eigenvalue weighted by Crippen LogP contribution is -2.41. The summed E-state index contributed by atoms with van der Waals surface area (Å²) in [5, 5.41) is 2.68. The lowest BCUT2D eigenvalue weighted by atomic mass is 9.77. The summed E-state index contributed by atoms with van der Waals surface area (Å²) >= 11 is 0. The number of pyridine rings is 1. The second kappa shape index (κ2) is 9.68. The van der Waals surface area contributed by atoms with Crippen LogP contribution in [0.4, 0.5) is 4.79 Å². The van der Waals surface area contributed by atoms with Gasteiger partial charge in [-0.2, -0.15) is 0 Å². The molecule has 2 rings (SSSR count). The van der Waals surface area contributed by atoms with E-state index >= 15 is 0 Å². The summed E-state index contributed by atoms with van der Waals surface area (Å²) in [6, 6.07) is 3.06. The molecule has 182 valence electrons. The molecule has 0 spiro atoms. The van der Waals surface area contributed by atoms with Crippen LogP contribution in [0.3, 0.4) is 0 Å². The Kier molecular flexibility index (Phi) is 7.80. The number of hydrogen-bond acceptors (Lipinski definition) is 8. The number of carbonyl (C=O) groups excluding carboxylic acids is 3. The van der Waals surface area contributed by atoms with Crippen LogP contribution in [0.2, 0.25) is 0 Å². The smallest absolute Gasteiger partial charge is 0.464 e. The van der Waals surface area contributed by atoms with E-state index in [4.69, 9.17) is 18.8 Å². The van der Waals surface area contributed by atoms with Crippen LogP contribution in [0.25, 0.3) is 0 Å². The van der Waals surface area contributed by atoms with Crippen molar-refractivity contribution in [2.75, 3.05) is 27.2 Å². The fourth-order valence-corrected chi connectivity index (χ4v) is 2.88. The van der Waals surface area contributed by atoms with Gasteiger partial charge in [0.1, 0.15) is 17.0 Å². The molecule has 1 aromatic rings. The number of nitrogens with one attached hydrogen (secondary N) is 1. The molecule has 11 heteroatoms. The average molecular weight is 463 g/mol. The molecule has 0 bridgehead atoms. The average Bonchev–Trinajstić information content (AvgIpc) is 2.92. The van der Waals surface area contributed by atoms with E-state index in [1.54, 1.807) is 33.9 Å². The first-order valence-corrected chi connectivity index (χ1v) is 10.7. The van der Waals surface area contributed by atoms with Crippen LogP contribution in [0, 0.1) is 0 Å². The van der Waals surface area contributed by atoms with E-state index in [1.807, 2.05) is 27.7 Å². The van der Waals surface area contributed by atoms with Gasteiger partial charge in [-0.1, -0.05) is 6.07 Å². The van der Waals surface area contributed by atoms with Crippen LogP contribution in [-0.4, -0.2) is 79.0 Å². The molecule has 1 aliphatic rings. The molecule has 0 aromatic carbocycles. The lowest BCUT2D eigenvalue weighted by molar-refractivity contribution is 0.00578. The third-order valence-corrected chi connectivity index (χ3v) is 5.48. The number of nitrogens with zero attached hydrogens (tertiary/aromatic N) is 2. The van der Waals surface area contributed by atoms with Crippen LogP contribution in [-0.2, 0) is 18.8 Å². The Balaban J connectivity index is 2.11. The molecule has 1 fully saturated rings. The first-order chi connectivity index (χ1) is 15.1. The summed E-state index contributed by atoms with van der Waals surface area (Å²) in [5.41, 5.74) is -1.49. The van der Waals surface area contributed by atoms with E-state index < -0.39 is 41.9 Å². The van der Waals surface area contributed by atoms with E-state index in [0.29, 0.717) is 5.46 Å². The zero-order chi connectivity index (χ0) is 25.2. The van der Waals surface area contributed by atoms with E-state index in [1.165, 1.54) is 18.1 Å². The lowest BCUT2D eigenvalue weighted by Gasteiger charge is -2.32. The third kappa shape index (κ3) is 6.45. The zero-order valence-corrected chi connectivity index (χ0v) is 20.9. The van der Waals surface area contributed by atoms with Crippen molar-refractivity contribution in [3.63, 3.8) is 0 Å². The summed E-state index contributed by atoms with van der Waals surface area (Å²) in [6.45, 7) is 13.3. The molecule has 10 nitrogen and oxygen atoms in total. The van der Waals surface area contributed by atoms with Crippen molar-refractivity contribution in [2.45, 2.75) is 65.3 Å². The molecular weight excluding hydrogens is 429 g/mol. The molecule has 1 N–H and O–H groups in total. The highest BCUT2D eigenvalue weighted by atomic mass is 16.7. The summed E-state index contributed by atoms with van der Waals surface area (Å²) in [6.07, 6.45) is -0.491. The molecule has 33 heavy (non-hydrogen) atoms. The number of aromatic nitrogens is 1. The Morgan fingerprint density at radius 2 is 1.70 bits per heavy atom. The van der Waals surface area contributed by atoms with Gasteiger partial charge in [-0.15, -0.1) is 0 Å². The van der Waals surface area contributed by atoms with Crippen LogP contribution < -0.4 is 10.8 Å². The molecule has 0 unspecified atom stereocenters. The van der Waals surface area contributed by atoms with Crippen LogP contribution in [0.1, 0.15) is 69.4 Å². The first-order valence-electron chi connectivity index (χ1n) is 10.7. The SMILES string of the molecule is COC(=O)c1nc(C(=O)NCCN(C)C(=O)OC(C)(C)C)ccc1B1OC(C)(C)C(C)(C)O1. The molecule has 0 atom stereocenters. The maximum absolute atomic E-state index is 12.6. The molecule has 0 aliphatic carbocycles. The maximum atomic E-state index is 12.6. The largest absolute Gasteiger partial charge is 0.497 e. The maximum Gasteiger partial charge on any atom is 0.497 e. The number of methoxy groups -OCH3 is 1. The van der Waals surface area contributed by atoms with Gasteiger partial charge >= 0.3 is 19.2 Å². The van der Waals surface area contributed by atoms with Gasteiger partial charge in [0.25, 0.3) is 5.91 Å². The van der Waals surface area contributed by atoms with Gasteiger partial charge in [-0.05, 0) is 54.5 Å². The number of likely N-dealkylation sites (N-methyl/N-ethyl adjacent to an activating group) is 1. The predicted molar refractivity (Wildman–Crippen MR) is 122 cm³/mol. The van der Waals surface area contributed by atoms with Gasteiger partial charge in [0.2, 0.25) is 0 Å². The summed E-state index contributed by atoms with van der Waals surface area (Å²) in [7, 11) is 1.97. The van der Waals surface area contributed by atoms with Gasteiger partial charge < -0.3 is 29.0 Å². The zero-order valence-electron chi connectivity index (χ0n) is 20.9. The van der Waals surface area contributed by atoms with Crippen molar-refractivity contribution in [1.29, 1.82) is 0 Å². The minimum atomic E-state index is -0.837. The predicted octanol–water partition coefficient (Wildman–Crippen LogP) is 1.76. The number of amides is 2. The van der Waals surface area contributed by atoms with E-state index in [9.17, 15) is 14.4 Å². The fourth-order valence-electron chi connectivity index (χ4n) is 2.88. The molecular formula is C22H34BN3O7. The van der Waals surface area contributed by atoms with Crippen molar-refractivity contribution < 1.29 is 33.2 Å². The van der Waals surface area contributed by atoms with Crippen molar-refractivity contribution in [1.82, 2.24) is 15.2 Å². The first kappa shape index (κ1) is 26.6. The molecule has 1 aromatic heterocycles. The van der Waals surface area contributed by atoms with E-state index in [-0.39, 0.29) is 24.5 Å². The monoisotopic (exact) mass is 463 g/mol. The standard InChI is InChI=1S/C22H34BN3O7/c1-20(2,3)31-19(29)26(8)13-12-24-17(27)15-11-10-14(16(25-15)18(28)30-9)23-32-21(4,5)22(6,7)33-23/h10-11H,12-13H2,1-9H3,(H,24,27). The van der Waals surface area contributed by atoms with Crippen LogP contribution in [0.5, 0.6) is 0 Å². The van der Waals surface area contributed by atoms with Crippen LogP contribution >= 0.6 is 0 Å². The second-order valence-electron chi connectivity index (χ2n) is 9.87. The van der Waals surface area contributed by atoms with Gasteiger partial charge in [0, 0.05) is 25.6 Å². The van der Waals surface area contributed by atoms with E-state index in [0.717, 1.165) is 0 Å². The Morgan fingerprint density at radius 3 is 2.21 bits per heavy atom. The van der Waals surface area contributed by atoms with Crippen LogP contribution in [0.15, 0.2) is 12.1 Å². The quantitative estimate of drug-likeness (QED) is 0.501. The molecule has 2 heterocycles. The molecule has 1 aliphatic heterocycles. The Hall–Kier alpha value is -2.66. The fraction of sp³-hybridized carbons (Fsp3) is 0.636. The summed E-state index contributed by atoms with van der Waals surface area (Å²) in [5.74, 6) is -1.21. The van der Waals surface area contributed by atoms with Crippen molar-refractivity contribution in [2.24, 2.45) is 0 Å². The summed E-state index contributed by atoms with van der Waals surface area (Å²) < 4.78 is 22.2. The number of hydrogen-bond donors (Lipinski definition) is 1. The molecule has 1 saturated heterocycles. The van der Waals surface area contributed by atoms with Crippen molar-refractivity contribution in [3.8, 4) is 0 Å². The van der Waals surface area contributed by atoms with Gasteiger partial charge in [-0.25, -0.2) is 14.6 Å². The minimum Gasteiger partial charge on any atom is -0.464 e. The second-order valence-corrected chi connectivity index (χ2v) is 9.87. The van der Waals surface area contributed by atoms with Gasteiger partial charge in [0.05, 0.1) is 18.3 Å².